The van der Waals surface area contributed by atoms with Crippen LogP contribution in [0.15, 0.2) is 170 Å². The molecule has 0 radical (unpaired) electrons. The molecule has 0 amide bonds. The van der Waals surface area contributed by atoms with Crippen molar-refractivity contribution in [3.05, 3.63) is 170 Å². The predicted molar refractivity (Wildman–Crippen MR) is 198 cm³/mol. The van der Waals surface area contributed by atoms with Crippen LogP contribution in [0.4, 0.5) is 0 Å². The third-order valence-electron chi connectivity index (χ3n) is 8.97. The first kappa shape index (κ1) is 28.5. The molecule has 3 aromatic heterocycles. The van der Waals surface area contributed by atoms with Gasteiger partial charge >= 0.3 is 0 Å². The summed E-state index contributed by atoms with van der Waals surface area (Å²) in [5.74, 6) is 1.94. The normalized spacial score (nSPS) is 11.3. The standard InChI is InChI=1S/C44H29N3O2/c48-37-24-12-20-32-26-27-40(46-44(32)37)49-38-28-36-43(42(31-18-8-3-9-19-31)41(38)30-16-6-2-7-17-30)33-21-10-11-23-35(33)47(36)39-25-13-22-34(45-39)29-14-4-1-5-15-29/h1-28,48H. The fourth-order valence-corrected chi connectivity index (χ4v) is 6.82. The van der Waals surface area contributed by atoms with Gasteiger partial charge in [0.05, 0.1) is 16.7 Å². The zero-order chi connectivity index (χ0) is 32.7. The molecule has 0 atom stereocenters. The zero-order valence-electron chi connectivity index (χ0n) is 26.4. The maximum Gasteiger partial charge on any atom is 0.219 e. The van der Waals surface area contributed by atoms with Crippen LogP contribution in [-0.2, 0) is 0 Å². The number of aromatic hydroxyl groups is 1. The third-order valence-corrected chi connectivity index (χ3v) is 8.97. The second kappa shape index (κ2) is 11.8. The minimum atomic E-state index is 0.108. The molecule has 1 N–H and O–H groups in total. The van der Waals surface area contributed by atoms with Gasteiger partial charge in [-0.25, -0.2) is 9.97 Å². The van der Waals surface area contributed by atoms with Crippen LogP contribution in [0.25, 0.3) is 72.0 Å². The number of pyridine rings is 2. The van der Waals surface area contributed by atoms with Gasteiger partial charge in [0.1, 0.15) is 22.8 Å². The van der Waals surface area contributed by atoms with Gasteiger partial charge in [0.25, 0.3) is 0 Å². The molecule has 9 aromatic rings. The Bertz CT molecular complexity index is 2630. The predicted octanol–water partition coefficient (Wildman–Crippen LogP) is 11.2. The molecule has 0 fully saturated rings. The highest BCUT2D eigenvalue weighted by molar-refractivity contribution is 6.19. The van der Waals surface area contributed by atoms with Gasteiger partial charge in [-0.3, -0.25) is 4.57 Å². The number of benzene rings is 6. The number of nitrogens with zero attached hydrogens (tertiary/aromatic N) is 3. The smallest absolute Gasteiger partial charge is 0.219 e. The van der Waals surface area contributed by atoms with Crippen LogP contribution in [0.5, 0.6) is 17.4 Å². The lowest BCUT2D eigenvalue weighted by molar-refractivity contribution is 0.461. The van der Waals surface area contributed by atoms with Gasteiger partial charge in [-0.2, -0.15) is 0 Å². The molecular weight excluding hydrogens is 603 g/mol. The average Bonchev–Trinajstić information content (AvgIpc) is 3.49. The van der Waals surface area contributed by atoms with E-state index in [2.05, 4.69) is 95.6 Å². The number of hydrogen-bond donors (Lipinski definition) is 1. The Morgan fingerprint density at radius 1 is 0.510 bits per heavy atom. The van der Waals surface area contributed by atoms with Crippen LogP contribution in [0, 0.1) is 0 Å². The molecule has 0 unspecified atom stereocenters. The number of fused-ring (bicyclic) bond motifs is 4. The molecular formula is C44H29N3O2. The molecule has 5 heteroatoms. The van der Waals surface area contributed by atoms with Crippen molar-refractivity contribution in [1.29, 1.82) is 0 Å². The van der Waals surface area contributed by atoms with E-state index < -0.39 is 0 Å². The van der Waals surface area contributed by atoms with E-state index in [9.17, 15) is 5.11 Å². The number of aromatic nitrogens is 3. The molecule has 0 aliphatic heterocycles. The molecule has 0 spiro atoms. The van der Waals surface area contributed by atoms with Crippen LogP contribution >= 0.6 is 0 Å². The number of phenolic OH excluding ortho intramolecular Hbond substituents is 1. The lowest BCUT2D eigenvalue weighted by atomic mass is 9.89. The van der Waals surface area contributed by atoms with Crippen molar-refractivity contribution < 1.29 is 9.84 Å². The molecule has 0 aliphatic rings. The first-order chi connectivity index (χ1) is 24.2. The van der Waals surface area contributed by atoms with Crippen molar-refractivity contribution in [2.75, 3.05) is 0 Å². The topological polar surface area (TPSA) is 60.2 Å². The van der Waals surface area contributed by atoms with Crippen molar-refractivity contribution >= 4 is 32.7 Å². The molecule has 0 saturated carbocycles. The van der Waals surface area contributed by atoms with Crippen molar-refractivity contribution in [2.24, 2.45) is 0 Å². The van der Waals surface area contributed by atoms with Crippen LogP contribution in [0.1, 0.15) is 0 Å². The van der Waals surface area contributed by atoms with Gasteiger partial charge in [0.15, 0.2) is 0 Å². The van der Waals surface area contributed by atoms with Gasteiger partial charge in [0.2, 0.25) is 5.88 Å². The van der Waals surface area contributed by atoms with E-state index in [1.165, 1.54) is 0 Å². The zero-order valence-corrected chi connectivity index (χ0v) is 26.4. The fourth-order valence-electron chi connectivity index (χ4n) is 6.82. The molecule has 6 aromatic carbocycles. The number of phenols is 1. The highest BCUT2D eigenvalue weighted by Crippen LogP contribution is 2.49. The number of ether oxygens (including phenoxy) is 1. The van der Waals surface area contributed by atoms with Crippen molar-refractivity contribution in [2.45, 2.75) is 0 Å². The first-order valence-electron chi connectivity index (χ1n) is 16.2. The molecule has 3 heterocycles. The summed E-state index contributed by atoms with van der Waals surface area (Å²) >= 11 is 0. The van der Waals surface area contributed by atoms with Gasteiger partial charge in [0, 0.05) is 45.0 Å². The Hall–Kier alpha value is -6.72. The summed E-state index contributed by atoms with van der Waals surface area (Å²) in [7, 11) is 0. The minimum absolute atomic E-state index is 0.108. The maximum absolute atomic E-state index is 10.6. The number of para-hydroxylation sites is 2. The van der Waals surface area contributed by atoms with E-state index >= 15 is 0 Å². The van der Waals surface area contributed by atoms with Crippen LogP contribution in [0.3, 0.4) is 0 Å². The molecule has 49 heavy (non-hydrogen) atoms. The number of rotatable bonds is 6. The van der Waals surface area contributed by atoms with Gasteiger partial charge in [-0.1, -0.05) is 127 Å². The summed E-state index contributed by atoms with van der Waals surface area (Å²) in [6, 6.07) is 57.0. The van der Waals surface area contributed by atoms with E-state index in [0.29, 0.717) is 17.1 Å². The van der Waals surface area contributed by atoms with Crippen molar-refractivity contribution in [3.63, 3.8) is 0 Å². The summed E-state index contributed by atoms with van der Waals surface area (Å²) < 4.78 is 9.05. The molecule has 232 valence electrons. The minimum Gasteiger partial charge on any atom is -0.506 e. The van der Waals surface area contributed by atoms with Gasteiger partial charge in [-0.15, -0.1) is 0 Å². The highest BCUT2D eigenvalue weighted by Gasteiger charge is 2.25. The quantitative estimate of drug-likeness (QED) is 0.198. The Labute approximate surface area is 283 Å². The summed E-state index contributed by atoms with van der Waals surface area (Å²) in [5, 5.41) is 13.7. The van der Waals surface area contributed by atoms with E-state index in [0.717, 1.165) is 66.5 Å². The summed E-state index contributed by atoms with van der Waals surface area (Å²) in [6.45, 7) is 0. The molecule has 0 aliphatic carbocycles. The molecule has 0 saturated heterocycles. The van der Waals surface area contributed by atoms with Gasteiger partial charge in [-0.05, 0) is 41.5 Å². The lowest BCUT2D eigenvalue weighted by Crippen LogP contribution is -2.00. The maximum atomic E-state index is 10.6. The SMILES string of the molecule is Oc1cccc2ccc(Oc3cc4c(c(-c5ccccc5)c3-c3ccccc3)c3ccccc3n4-c3cccc(-c4ccccc4)n3)nc12. The Balaban J connectivity index is 1.39. The summed E-state index contributed by atoms with van der Waals surface area (Å²) in [6.07, 6.45) is 0. The number of hydrogen-bond acceptors (Lipinski definition) is 4. The Morgan fingerprint density at radius 3 is 1.92 bits per heavy atom. The van der Waals surface area contributed by atoms with Crippen molar-refractivity contribution in [1.82, 2.24) is 14.5 Å². The summed E-state index contributed by atoms with van der Waals surface area (Å²) in [4.78, 5) is 9.97. The van der Waals surface area contributed by atoms with Crippen LogP contribution < -0.4 is 4.74 Å². The molecule has 5 nitrogen and oxygen atoms in total. The first-order valence-corrected chi connectivity index (χ1v) is 16.2. The monoisotopic (exact) mass is 631 g/mol. The second-order valence-electron chi connectivity index (χ2n) is 12.0. The van der Waals surface area contributed by atoms with E-state index in [-0.39, 0.29) is 5.75 Å². The van der Waals surface area contributed by atoms with E-state index in [1.807, 2.05) is 72.8 Å². The summed E-state index contributed by atoms with van der Waals surface area (Å²) in [5.41, 5.74) is 8.51. The largest absolute Gasteiger partial charge is 0.506 e. The second-order valence-corrected chi connectivity index (χ2v) is 12.0. The highest BCUT2D eigenvalue weighted by atomic mass is 16.5. The lowest BCUT2D eigenvalue weighted by Gasteiger charge is -2.19. The Kier molecular flexibility index (Phi) is 6.87. The van der Waals surface area contributed by atoms with E-state index in [4.69, 9.17) is 14.7 Å². The van der Waals surface area contributed by atoms with Gasteiger partial charge < -0.3 is 9.84 Å². The van der Waals surface area contributed by atoms with Crippen LogP contribution in [-0.4, -0.2) is 19.6 Å². The van der Waals surface area contributed by atoms with Crippen molar-refractivity contribution in [3.8, 4) is 56.7 Å². The van der Waals surface area contributed by atoms with Crippen LogP contribution in [0.2, 0.25) is 0 Å². The van der Waals surface area contributed by atoms with E-state index in [1.54, 1.807) is 6.07 Å². The average molecular weight is 632 g/mol. The molecule has 9 rings (SSSR count). The Morgan fingerprint density at radius 2 is 1.16 bits per heavy atom. The molecule has 0 bridgehead atoms. The fraction of sp³-hybridized carbons (Fsp3) is 0. The third kappa shape index (κ3) is 4.96.